The Balaban J connectivity index is 1.68. The largest absolute Gasteiger partial charge is 0.323 e. The van der Waals surface area contributed by atoms with Gasteiger partial charge in [0.2, 0.25) is 0 Å². The van der Waals surface area contributed by atoms with Crippen LogP contribution in [-0.4, -0.2) is 34.4 Å². The first-order valence-corrected chi connectivity index (χ1v) is 7.50. The monoisotopic (exact) mass is 327 g/mol. The van der Waals surface area contributed by atoms with Gasteiger partial charge in [0.1, 0.15) is 0 Å². The minimum absolute atomic E-state index is 0.0775. The van der Waals surface area contributed by atoms with Crippen LogP contribution in [0.1, 0.15) is 11.3 Å². The van der Waals surface area contributed by atoms with Crippen molar-refractivity contribution < 1.29 is 9.72 Å². The number of urea groups is 1. The Kier molecular flexibility index (Phi) is 4.39. The van der Waals surface area contributed by atoms with E-state index in [0.717, 1.165) is 30.8 Å². The van der Waals surface area contributed by atoms with Crippen molar-refractivity contribution in [3.05, 3.63) is 57.9 Å². The van der Waals surface area contributed by atoms with Gasteiger partial charge in [-0.15, -0.1) is 0 Å². The lowest BCUT2D eigenvalue weighted by Crippen LogP contribution is -2.27. The lowest BCUT2D eigenvalue weighted by molar-refractivity contribution is -0.384. The van der Waals surface area contributed by atoms with E-state index >= 15 is 0 Å². The van der Waals surface area contributed by atoms with Crippen molar-refractivity contribution in [2.45, 2.75) is 13.0 Å². The van der Waals surface area contributed by atoms with Gasteiger partial charge in [0.25, 0.3) is 5.69 Å². The molecule has 1 aromatic carbocycles. The molecular weight excluding hydrogens is 310 g/mol. The number of rotatable bonds is 3. The molecule has 2 heterocycles. The molecular formula is C16H17N5O3. The van der Waals surface area contributed by atoms with Crippen LogP contribution < -0.4 is 10.6 Å². The van der Waals surface area contributed by atoms with Gasteiger partial charge in [-0.25, -0.2) is 4.79 Å². The van der Waals surface area contributed by atoms with Crippen LogP contribution in [0.4, 0.5) is 21.9 Å². The molecule has 8 heteroatoms. The van der Waals surface area contributed by atoms with Gasteiger partial charge >= 0.3 is 6.03 Å². The molecule has 24 heavy (non-hydrogen) atoms. The second-order valence-corrected chi connectivity index (χ2v) is 5.70. The summed E-state index contributed by atoms with van der Waals surface area (Å²) in [5.41, 5.74) is 3.01. The average Bonchev–Trinajstić information content (AvgIpc) is 2.54. The fourth-order valence-electron chi connectivity index (χ4n) is 2.63. The molecule has 8 nitrogen and oxygen atoms in total. The lowest BCUT2D eigenvalue weighted by atomic mass is 10.1. The number of likely N-dealkylation sites (N-methyl/N-ethyl adjacent to an activating group) is 1. The Labute approximate surface area is 138 Å². The number of nitrogens with one attached hydrogen (secondary N) is 2. The minimum atomic E-state index is -0.507. The van der Waals surface area contributed by atoms with E-state index in [0.29, 0.717) is 11.4 Å². The summed E-state index contributed by atoms with van der Waals surface area (Å²) in [6, 6.07) is 7.22. The van der Waals surface area contributed by atoms with Crippen LogP contribution in [0.5, 0.6) is 0 Å². The van der Waals surface area contributed by atoms with Gasteiger partial charge in [-0.3, -0.25) is 15.1 Å². The van der Waals surface area contributed by atoms with Crippen molar-refractivity contribution in [1.82, 2.24) is 9.88 Å². The predicted molar refractivity (Wildman–Crippen MR) is 90.0 cm³/mol. The normalized spacial score (nSPS) is 13.9. The zero-order chi connectivity index (χ0) is 17.1. The highest BCUT2D eigenvalue weighted by Gasteiger charge is 2.15. The number of carbonyl (C=O) groups excluding carboxylic acids is 1. The molecule has 124 valence electrons. The summed E-state index contributed by atoms with van der Waals surface area (Å²) in [5, 5.41) is 16.0. The van der Waals surface area contributed by atoms with Crippen LogP contribution in [-0.2, 0) is 13.0 Å². The van der Waals surface area contributed by atoms with Crippen LogP contribution in [0.3, 0.4) is 0 Å². The van der Waals surface area contributed by atoms with Gasteiger partial charge in [-0.05, 0) is 24.7 Å². The smallest absolute Gasteiger partial charge is 0.307 e. The Hall–Kier alpha value is -3.00. The number of nitro benzene ring substituents is 1. The molecule has 2 N–H and O–H groups in total. The number of amides is 2. The summed E-state index contributed by atoms with van der Waals surface area (Å²) in [6.45, 7) is 1.77. The number of benzene rings is 1. The van der Waals surface area contributed by atoms with E-state index in [1.165, 1.54) is 18.2 Å². The Bertz CT molecular complexity index is 793. The molecule has 1 aliphatic heterocycles. The van der Waals surface area contributed by atoms with E-state index in [2.05, 4.69) is 20.5 Å². The molecule has 0 fully saturated rings. The van der Waals surface area contributed by atoms with Crippen LogP contribution in [0, 0.1) is 10.1 Å². The molecule has 2 amide bonds. The Morgan fingerprint density at radius 2 is 2.08 bits per heavy atom. The first-order valence-electron chi connectivity index (χ1n) is 7.50. The molecule has 0 atom stereocenters. The average molecular weight is 327 g/mol. The highest BCUT2D eigenvalue weighted by Crippen LogP contribution is 2.20. The Morgan fingerprint density at radius 3 is 2.88 bits per heavy atom. The molecule has 0 saturated heterocycles. The second-order valence-electron chi connectivity index (χ2n) is 5.70. The summed E-state index contributed by atoms with van der Waals surface area (Å²) in [4.78, 5) is 28.9. The quantitative estimate of drug-likeness (QED) is 0.666. The first kappa shape index (κ1) is 15.9. The van der Waals surface area contributed by atoms with Crippen molar-refractivity contribution in [2.75, 3.05) is 24.2 Å². The van der Waals surface area contributed by atoms with E-state index in [9.17, 15) is 14.9 Å². The molecule has 3 rings (SSSR count). The van der Waals surface area contributed by atoms with E-state index in [1.807, 2.05) is 13.1 Å². The third-order valence-corrected chi connectivity index (χ3v) is 3.80. The molecule has 2 aromatic rings. The van der Waals surface area contributed by atoms with Crippen molar-refractivity contribution in [3.8, 4) is 0 Å². The number of hydrogen-bond donors (Lipinski definition) is 2. The highest BCUT2D eigenvalue weighted by molar-refractivity contribution is 5.99. The van der Waals surface area contributed by atoms with E-state index < -0.39 is 11.0 Å². The maximum atomic E-state index is 12.1. The molecule has 0 spiro atoms. The number of carbonyl (C=O) groups is 1. The zero-order valence-corrected chi connectivity index (χ0v) is 13.2. The number of hydrogen-bond acceptors (Lipinski definition) is 5. The molecule has 0 bridgehead atoms. The van der Waals surface area contributed by atoms with E-state index in [-0.39, 0.29) is 5.69 Å². The maximum Gasteiger partial charge on any atom is 0.323 e. The fraction of sp³-hybridized carbons (Fsp3) is 0.250. The standard InChI is InChI=1S/C16H17N5O3/c1-20-6-5-15-11(10-20)7-13(9-17-15)19-16(22)18-12-3-2-4-14(8-12)21(23)24/h2-4,7-9H,5-6,10H2,1H3,(H2,18,19,22). The van der Waals surface area contributed by atoms with Gasteiger partial charge in [0.05, 0.1) is 16.8 Å². The SMILES string of the molecule is CN1CCc2ncc(NC(=O)Nc3cccc([N+](=O)[O-])c3)cc2C1. The molecule has 1 aliphatic rings. The zero-order valence-electron chi connectivity index (χ0n) is 13.2. The molecule has 1 aromatic heterocycles. The van der Waals surface area contributed by atoms with Crippen LogP contribution in [0.2, 0.25) is 0 Å². The van der Waals surface area contributed by atoms with Gasteiger partial charge in [-0.1, -0.05) is 6.07 Å². The number of pyridine rings is 1. The number of fused-ring (bicyclic) bond motifs is 1. The number of nitro groups is 1. The number of nitrogens with zero attached hydrogens (tertiary/aromatic N) is 3. The lowest BCUT2D eigenvalue weighted by Gasteiger charge is -2.24. The van der Waals surface area contributed by atoms with Gasteiger partial charge in [0, 0.05) is 43.0 Å². The van der Waals surface area contributed by atoms with E-state index in [1.54, 1.807) is 12.3 Å². The number of anilines is 2. The highest BCUT2D eigenvalue weighted by atomic mass is 16.6. The third-order valence-electron chi connectivity index (χ3n) is 3.80. The first-order chi connectivity index (χ1) is 11.5. The summed E-state index contributed by atoms with van der Waals surface area (Å²) in [6.07, 6.45) is 2.52. The Morgan fingerprint density at radius 1 is 1.29 bits per heavy atom. The third kappa shape index (κ3) is 3.66. The summed E-state index contributed by atoms with van der Waals surface area (Å²) in [5.74, 6) is 0. The molecule has 0 radical (unpaired) electrons. The molecule has 0 saturated carbocycles. The van der Waals surface area contributed by atoms with Crippen molar-refractivity contribution in [1.29, 1.82) is 0 Å². The van der Waals surface area contributed by atoms with E-state index in [4.69, 9.17) is 0 Å². The summed E-state index contributed by atoms with van der Waals surface area (Å²) >= 11 is 0. The molecule has 0 aliphatic carbocycles. The maximum absolute atomic E-state index is 12.1. The van der Waals surface area contributed by atoms with Gasteiger partial charge in [0.15, 0.2) is 0 Å². The molecule has 0 unspecified atom stereocenters. The number of non-ortho nitro benzene ring substituents is 1. The summed E-state index contributed by atoms with van der Waals surface area (Å²) < 4.78 is 0. The fourth-order valence-corrected chi connectivity index (χ4v) is 2.63. The van der Waals surface area contributed by atoms with Gasteiger partial charge < -0.3 is 15.5 Å². The van der Waals surface area contributed by atoms with Crippen LogP contribution in [0.25, 0.3) is 0 Å². The number of aromatic nitrogens is 1. The van der Waals surface area contributed by atoms with Crippen molar-refractivity contribution >= 4 is 23.1 Å². The predicted octanol–water partition coefficient (Wildman–Crippen LogP) is 2.62. The van der Waals surface area contributed by atoms with Crippen LogP contribution >= 0.6 is 0 Å². The summed E-state index contributed by atoms with van der Waals surface area (Å²) in [7, 11) is 2.04. The second kappa shape index (κ2) is 6.63. The topological polar surface area (TPSA) is 100 Å². The van der Waals surface area contributed by atoms with Crippen molar-refractivity contribution in [2.24, 2.45) is 0 Å². The van der Waals surface area contributed by atoms with Crippen LogP contribution in [0.15, 0.2) is 36.5 Å². The van der Waals surface area contributed by atoms with Gasteiger partial charge in [-0.2, -0.15) is 0 Å². The minimum Gasteiger partial charge on any atom is -0.307 e. The van der Waals surface area contributed by atoms with Crippen molar-refractivity contribution in [3.63, 3.8) is 0 Å².